The Hall–Kier alpha value is -1.55. The van der Waals surface area contributed by atoms with Gasteiger partial charge >= 0.3 is 5.97 Å². The molecule has 4 heteroatoms. The normalized spacial score (nSPS) is 13.7. The van der Waals surface area contributed by atoms with Crippen LogP contribution in [-0.4, -0.2) is 28.9 Å². The summed E-state index contributed by atoms with van der Waals surface area (Å²) in [5.41, 5.74) is 2.23. The Balaban J connectivity index is 2.47. The third-order valence-corrected chi connectivity index (χ3v) is 8.90. The number of aliphatic hydroxyl groups excluding tert-OH is 1. The molecule has 0 aliphatic heterocycles. The Kier molecular flexibility index (Phi) is 19.5. The van der Waals surface area contributed by atoms with Crippen LogP contribution in [0.3, 0.4) is 0 Å². The summed E-state index contributed by atoms with van der Waals surface area (Å²) in [6.45, 7) is 16.9. The maximum Gasteiger partial charge on any atom is 0.311 e. The van der Waals surface area contributed by atoms with E-state index in [0.717, 1.165) is 29.5 Å². The van der Waals surface area contributed by atoms with Crippen molar-refractivity contribution in [3.05, 3.63) is 28.8 Å². The quantitative estimate of drug-likeness (QED) is 0.0965. The van der Waals surface area contributed by atoms with E-state index in [2.05, 4.69) is 48.5 Å². The van der Waals surface area contributed by atoms with Crippen LogP contribution in [0.1, 0.15) is 188 Å². The van der Waals surface area contributed by atoms with Crippen LogP contribution in [0, 0.1) is 5.92 Å². The highest BCUT2D eigenvalue weighted by atomic mass is 16.5. The van der Waals surface area contributed by atoms with Crippen molar-refractivity contribution >= 4 is 5.97 Å². The lowest BCUT2D eigenvalue weighted by Crippen LogP contribution is -2.32. The lowest BCUT2D eigenvalue weighted by atomic mass is 9.77. The molecule has 2 atom stereocenters. The standard InChI is InChI=1S/C39H70O4/c1-9-11-12-13-14-15-16-17-18-19-20-21-22-23-24-25-26-27-35(40)32(37(42)43-10-2)28-31-29-33(38(3,4)5)36(41)34(30-31)39(6,7)8/h29-30,32,35,40-41H,9-28H2,1-8H3. The number of unbranched alkanes of at least 4 members (excludes halogenated alkanes) is 16. The zero-order valence-corrected chi connectivity index (χ0v) is 29.7. The van der Waals surface area contributed by atoms with E-state index in [1.165, 1.54) is 96.3 Å². The van der Waals surface area contributed by atoms with Crippen molar-refractivity contribution in [2.24, 2.45) is 5.92 Å². The molecule has 0 fully saturated rings. The zero-order chi connectivity index (χ0) is 32.3. The Labute approximate surface area is 266 Å². The van der Waals surface area contributed by atoms with Gasteiger partial charge in [-0.1, -0.05) is 170 Å². The smallest absolute Gasteiger partial charge is 0.311 e. The first-order valence-corrected chi connectivity index (χ1v) is 18.0. The van der Waals surface area contributed by atoms with Crippen molar-refractivity contribution in [1.82, 2.24) is 0 Å². The molecule has 2 N–H and O–H groups in total. The fourth-order valence-corrected chi connectivity index (χ4v) is 6.11. The Morgan fingerprint density at radius 3 is 1.40 bits per heavy atom. The van der Waals surface area contributed by atoms with Gasteiger partial charge in [-0.05, 0) is 47.3 Å². The number of hydrogen-bond acceptors (Lipinski definition) is 4. The molecule has 0 spiro atoms. The Morgan fingerprint density at radius 1 is 0.674 bits per heavy atom. The molecular formula is C39H70O4. The van der Waals surface area contributed by atoms with Gasteiger partial charge in [-0.15, -0.1) is 0 Å². The molecule has 250 valence electrons. The lowest BCUT2D eigenvalue weighted by Gasteiger charge is -2.29. The summed E-state index contributed by atoms with van der Waals surface area (Å²) < 4.78 is 5.40. The van der Waals surface area contributed by atoms with Crippen LogP contribution in [-0.2, 0) is 26.8 Å². The van der Waals surface area contributed by atoms with Gasteiger partial charge in [0, 0.05) is 0 Å². The molecule has 0 aliphatic rings. The minimum absolute atomic E-state index is 0.245. The van der Waals surface area contributed by atoms with Gasteiger partial charge in [0.15, 0.2) is 0 Å². The maximum atomic E-state index is 13.0. The average Bonchev–Trinajstić information content (AvgIpc) is 2.92. The van der Waals surface area contributed by atoms with Gasteiger partial charge in [0.2, 0.25) is 0 Å². The second-order valence-corrected chi connectivity index (χ2v) is 15.1. The molecule has 0 saturated heterocycles. The fraction of sp³-hybridized carbons (Fsp3) is 0.821. The fourth-order valence-electron chi connectivity index (χ4n) is 6.11. The summed E-state index contributed by atoms with van der Waals surface area (Å²) in [6, 6.07) is 4.03. The van der Waals surface area contributed by atoms with Crippen LogP contribution in [0.2, 0.25) is 0 Å². The molecule has 1 aromatic rings. The topological polar surface area (TPSA) is 66.8 Å². The summed E-state index contributed by atoms with van der Waals surface area (Å²) in [5.74, 6) is -0.601. The predicted octanol–water partition coefficient (Wildman–Crippen LogP) is 11.1. The van der Waals surface area contributed by atoms with Crippen molar-refractivity contribution < 1.29 is 19.7 Å². The number of phenols is 1. The number of rotatable bonds is 23. The largest absolute Gasteiger partial charge is 0.507 e. The lowest BCUT2D eigenvalue weighted by molar-refractivity contribution is -0.152. The summed E-state index contributed by atoms with van der Waals surface area (Å²) in [7, 11) is 0. The molecular weight excluding hydrogens is 532 g/mol. The van der Waals surface area contributed by atoms with E-state index >= 15 is 0 Å². The van der Waals surface area contributed by atoms with Crippen LogP contribution in [0.5, 0.6) is 5.75 Å². The minimum Gasteiger partial charge on any atom is -0.507 e. The molecule has 1 rings (SSSR count). The monoisotopic (exact) mass is 603 g/mol. The summed E-state index contributed by atoms with van der Waals surface area (Å²) in [6.07, 6.45) is 22.8. The zero-order valence-electron chi connectivity index (χ0n) is 29.7. The number of carbonyl (C=O) groups is 1. The molecule has 0 bridgehead atoms. The van der Waals surface area contributed by atoms with E-state index < -0.39 is 12.0 Å². The molecule has 1 aromatic carbocycles. The number of hydrogen-bond donors (Lipinski definition) is 2. The van der Waals surface area contributed by atoms with E-state index in [9.17, 15) is 15.0 Å². The Bertz CT molecular complexity index is 841. The predicted molar refractivity (Wildman–Crippen MR) is 184 cm³/mol. The molecule has 0 radical (unpaired) electrons. The van der Waals surface area contributed by atoms with E-state index in [1.807, 2.05) is 19.1 Å². The van der Waals surface area contributed by atoms with Gasteiger partial charge in [-0.2, -0.15) is 0 Å². The highest BCUT2D eigenvalue weighted by Crippen LogP contribution is 2.40. The van der Waals surface area contributed by atoms with Gasteiger partial charge in [0.1, 0.15) is 5.75 Å². The van der Waals surface area contributed by atoms with E-state index in [-0.39, 0.29) is 16.8 Å². The molecule has 0 amide bonds. The molecule has 4 nitrogen and oxygen atoms in total. The van der Waals surface area contributed by atoms with E-state index in [0.29, 0.717) is 25.2 Å². The van der Waals surface area contributed by atoms with Gasteiger partial charge in [0.25, 0.3) is 0 Å². The summed E-state index contributed by atoms with van der Waals surface area (Å²) in [4.78, 5) is 13.0. The van der Waals surface area contributed by atoms with Gasteiger partial charge in [0.05, 0.1) is 18.6 Å². The molecule has 0 heterocycles. The highest BCUT2D eigenvalue weighted by Gasteiger charge is 2.31. The van der Waals surface area contributed by atoms with E-state index in [4.69, 9.17) is 4.74 Å². The molecule has 2 unspecified atom stereocenters. The number of esters is 1. The maximum absolute atomic E-state index is 13.0. The third kappa shape index (κ3) is 16.4. The number of benzene rings is 1. The van der Waals surface area contributed by atoms with Gasteiger partial charge in [-0.3, -0.25) is 4.79 Å². The van der Waals surface area contributed by atoms with Crippen molar-refractivity contribution in [2.75, 3.05) is 6.61 Å². The van der Waals surface area contributed by atoms with E-state index in [1.54, 1.807) is 0 Å². The SMILES string of the molecule is CCCCCCCCCCCCCCCCCCCC(O)C(Cc1cc(C(C)(C)C)c(O)c(C(C)(C)C)c1)C(=O)OCC. The number of aliphatic hydroxyl groups is 1. The van der Waals surface area contributed by atoms with Gasteiger partial charge < -0.3 is 14.9 Å². The van der Waals surface area contributed by atoms with Crippen LogP contribution in [0.4, 0.5) is 0 Å². The van der Waals surface area contributed by atoms with Crippen molar-refractivity contribution in [3.63, 3.8) is 0 Å². The minimum atomic E-state index is -0.736. The van der Waals surface area contributed by atoms with Crippen LogP contribution in [0.15, 0.2) is 12.1 Å². The van der Waals surface area contributed by atoms with Crippen molar-refractivity contribution in [2.45, 2.75) is 194 Å². The molecule has 0 aromatic heterocycles. The molecule has 0 aliphatic carbocycles. The highest BCUT2D eigenvalue weighted by molar-refractivity contribution is 5.73. The van der Waals surface area contributed by atoms with Gasteiger partial charge in [-0.25, -0.2) is 0 Å². The second-order valence-electron chi connectivity index (χ2n) is 15.1. The van der Waals surface area contributed by atoms with Crippen LogP contribution in [0.25, 0.3) is 0 Å². The second kappa shape index (κ2) is 21.2. The first-order chi connectivity index (χ1) is 20.3. The van der Waals surface area contributed by atoms with Crippen LogP contribution >= 0.6 is 0 Å². The average molecular weight is 603 g/mol. The summed E-state index contributed by atoms with van der Waals surface area (Å²) in [5, 5.41) is 22.3. The third-order valence-electron chi connectivity index (χ3n) is 8.90. The van der Waals surface area contributed by atoms with Crippen molar-refractivity contribution in [3.8, 4) is 5.75 Å². The Morgan fingerprint density at radius 2 is 1.05 bits per heavy atom. The van der Waals surface area contributed by atoms with Crippen molar-refractivity contribution in [1.29, 1.82) is 0 Å². The summed E-state index contributed by atoms with van der Waals surface area (Å²) >= 11 is 0. The first kappa shape index (κ1) is 39.5. The number of carbonyl (C=O) groups excluding carboxylic acids is 1. The number of aromatic hydroxyl groups is 1. The first-order valence-electron chi connectivity index (χ1n) is 18.0. The molecule has 0 saturated carbocycles. The molecule has 43 heavy (non-hydrogen) atoms. The number of ether oxygens (including phenoxy) is 1. The number of phenolic OH excluding ortho intramolecular Hbond substituents is 1. The van der Waals surface area contributed by atoms with Crippen LogP contribution < -0.4 is 0 Å².